The standard InChI is InChI=1S/C7H11O.Li/c1-8-7-5-3-2-4-6-7;/h3,7H,2,4,6H2,1H3;/q-1;+1/t7-;/m1./s1. The van der Waals surface area contributed by atoms with E-state index in [4.69, 9.17) is 4.74 Å². The molecule has 1 aliphatic rings. The van der Waals surface area contributed by atoms with Crippen LogP contribution in [0.1, 0.15) is 19.3 Å². The fourth-order valence-corrected chi connectivity index (χ4v) is 0.889. The van der Waals surface area contributed by atoms with Gasteiger partial charge in [0.25, 0.3) is 0 Å². The molecule has 0 spiro atoms. The van der Waals surface area contributed by atoms with Crippen molar-refractivity contribution in [3.63, 3.8) is 0 Å². The van der Waals surface area contributed by atoms with Crippen LogP contribution in [0.3, 0.4) is 0 Å². The van der Waals surface area contributed by atoms with Crippen molar-refractivity contribution in [1.82, 2.24) is 0 Å². The first-order chi connectivity index (χ1) is 3.93. The first-order valence-corrected chi connectivity index (χ1v) is 3.04. The van der Waals surface area contributed by atoms with Gasteiger partial charge in [-0.05, 0) is 0 Å². The van der Waals surface area contributed by atoms with E-state index in [0.29, 0.717) is 0 Å². The van der Waals surface area contributed by atoms with Gasteiger partial charge in [0, 0.05) is 7.11 Å². The van der Waals surface area contributed by atoms with E-state index in [1.54, 1.807) is 7.11 Å². The number of hydrogen-bond acceptors (Lipinski definition) is 1. The Hall–Kier alpha value is 0.297. The van der Waals surface area contributed by atoms with E-state index in [2.05, 4.69) is 12.2 Å². The molecule has 9 heavy (non-hydrogen) atoms. The summed E-state index contributed by atoms with van der Waals surface area (Å²) in [5.41, 5.74) is 0. The second kappa shape index (κ2) is 5.11. The number of methoxy groups -OCH3 is 1. The molecule has 46 valence electrons. The Bertz CT molecular complexity index is 90.9. The summed E-state index contributed by atoms with van der Waals surface area (Å²) in [7, 11) is 1.73. The van der Waals surface area contributed by atoms with Crippen molar-refractivity contribution in [3.05, 3.63) is 12.2 Å². The molecular weight excluding hydrogens is 107 g/mol. The molecule has 0 radical (unpaired) electrons. The molecule has 1 aliphatic carbocycles. The Morgan fingerprint density at radius 2 is 2.44 bits per heavy atom. The van der Waals surface area contributed by atoms with Crippen molar-refractivity contribution >= 4 is 0 Å². The van der Waals surface area contributed by atoms with Gasteiger partial charge in [-0.3, -0.25) is 6.08 Å². The molecule has 0 saturated carbocycles. The molecule has 0 amide bonds. The monoisotopic (exact) mass is 118 g/mol. The largest absolute Gasteiger partial charge is 1.00 e. The molecule has 0 unspecified atom stereocenters. The van der Waals surface area contributed by atoms with Crippen molar-refractivity contribution < 1.29 is 23.6 Å². The van der Waals surface area contributed by atoms with Gasteiger partial charge >= 0.3 is 18.9 Å². The van der Waals surface area contributed by atoms with Crippen LogP contribution in [0.15, 0.2) is 6.08 Å². The van der Waals surface area contributed by atoms with E-state index < -0.39 is 0 Å². The maximum absolute atomic E-state index is 5.05. The van der Waals surface area contributed by atoms with E-state index in [1.807, 2.05) is 0 Å². The second-order valence-corrected chi connectivity index (χ2v) is 2.03. The van der Waals surface area contributed by atoms with Gasteiger partial charge in [-0.25, -0.2) is 0 Å². The van der Waals surface area contributed by atoms with Gasteiger partial charge in [-0.2, -0.15) is 0 Å². The van der Waals surface area contributed by atoms with Crippen LogP contribution in [-0.4, -0.2) is 13.2 Å². The maximum atomic E-state index is 5.05. The molecule has 1 atom stereocenters. The average Bonchev–Trinajstić information content (AvgIpc) is 1.90. The molecule has 0 N–H and O–H groups in total. The third-order valence-corrected chi connectivity index (χ3v) is 1.40. The van der Waals surface area contributed by atoms with Gasteiger partial charge in [-0.15, -0.1) is 0 Å². The van der Waals surface area contributed by atoms with E-state index in [-0.39, 0.29) is 25.0 Å². The minimum absolute atomic E-state index is 0. The van der Waals surface area contributed by atoms with Crippen LogP contribution in [0.5, 0.6) is 0 Å². The summed E-state index contributed by atoms with van der Waals surface area (Å²) in [5, 5.41) is 0. The smallest absolute Gasteiger partial charge is 0.471 e. The van der Waals surface area contributed by atoms with Crippen LogP contribution in [-0.2, 0) is 4.74 Å². The summed E-state index contributed by atoms with van der Waals surface area (Å²) >= 11 is 0. The predicted octanol–water partition coefficient (Wildman–Crippen LogP) is -1.45. The fourth-order valence-electron chi connectivity index (χ4n) is 0.889. The molecule has 0 fully saturated rings. The van der Waals surface area contributed by atoms with E-state index in [0.717, 1.165) is 6.42 Å². The molecule has 0 bridgehead atoms. The average molecular weight is 118 g/mol. The number of ether oxygens (including phenoxy) is 1. The Labute approximate surface area is 68.6 Å². The first-order valence-electron chi connectivity index (χ1n) is 3.04. The summed E-state index contributed by atoms with van der Waals surface area (Å²) in [5.74, 6) is 0. The maximum Gasteiger partial charge on any atom is 1.00 e. The minimum Gasteiger partial charge on any atom is -0.471 e. The molecule has 0 heterocycles. The molecular formula is C7H11LiO. The Morgan fingerprint density at radius 3 is 2.78 bits per heavy atom. The zero-order valence-corrected chi connectivity index (χ0v) is 6.18. The number of rotatable bonds is 1. The van der Waals surface area contributed by atoms with E-state index in [9.17, 15) is 0 Å². The Morgan fingerprint density at radius 1 is 1.67 bits per heavy atom. The molecule has 0 aromatic rings. The topological polar surface area (TPSA) is 9.23 Å². The fraction of sp³-hybridized carbons (Fsp3) is 0.714. The molecule has 0 saturated heterocycles. The van der Waals surface area contributed by atoms with Crippen LogP contribution < -0.4 is 18.9 Å². The first kappa shape index (κ1) is 9.30. The van der Waals surface area contributed by atoms with Gasteiger partial charge < -0.3 is 10.8 Å². The van der Waals surface area contributed by atoms with Crippen LogP contribution in [0.4, 0.5) is 0 Å². The predicted molar refractivity (Wildman–Crippen MR) is 32.5 cm³/mol. The SMILES string of the molecule is CO[C@@H]1[C-]=CCCC1.[Li+]. The summed E-state index contributed by atoms with van der Waals surface area (Å²) < 4.78 is 5.05. The van der Waals surface area contributed by atoms with Gasteiger partial charge in [0.15, 0.2) is 0 Å². The molecule has 0 aliphatic heterocycles. The second-order valence-electron chi connectivity index (χ2n) is 2.03. The minimum atomic E-state index is 0. The van der Waals surface area contributed by atoms with E-state index >= 15 is 0 Å². The molecule has 0 aromatic heterocycles. The summed E-state index contributed by atoms with van der Waals surface area (Å²) in [6.07, 6.45) is 9.05. The van der Waals surface area contributed by atoms with Gasteiger partial charge in [0.2, 0.25) is 0 Å². The molecule has 2 heteroatoms. The van der Waals surface area contributed by atoms with Crippen molar-refractivity contribution in [3.8, 4) is 0 Å². The normalized spacial score (nSPS) is 25.2. The van der Waals surface area contributed by atoms with Gasteiger partial charge in [0.05, 0.1) is 0 Å². The van der Waals surface area contributed by atoms with Crippen LogP contribution in [0.2, 0.25) is 0 Å². The van der Waals surface area contributed by atoms with Crippen molar-refractivity contribution in [1.29, 1.82) is 0 Å². The van der Waals surface area contributed by atoms with Crippen LogP contribution in [0, 0.1) is 6.08 Å². The zero-order chi connectivity index (χ0) is 5.82. The molecule has 0 aromatic carbocycles. The summed E-state index contributed by atoms with van der Waals surface area (Å²) in [6.45, 7) is 0. The third-order valence-electron chi connectivity index (χ3n) is 1.40. The van der Waals surface area contributed by atoms with Crippen molar-refractivity contribution in [2.75, 3.05) is 7.11 Å². The van der Waals surface area contributed by atoms with Crippen LogP contribution in [0.25, 0.3) is 0 Å². The van der Waals surface area contributed by atoms with Crippen molar-refractivity contribution in [2.24, 2.45) is 0 Å². The zero-order valence-electron chi connectivity index (χ0n) is 6.18. The Kier molecular flexibility index (Phi) is 5.28. The number of allylic oxidation sites excluding steroid dienone is 1. The Balaban J connectivity index is 0.000000640. The molecule has 1 rings (SSSR count). The van der Waals surface area contributed by atoms with Gasteiger partial charge in [0.1, 0.15) is 0 Å². The quantitative estimate of drug-likeness (QED) is 0.302. The van der Waals surface area contributed by atoms with Crippen LogP contribution >= 0.6 is 0 Å². The summed E-state index contributed by atoms with van der Waals surface area (Å²) in [4.78, 5) is 0. The third kappa shape index (κ3) is 3.10. The molecule has 1 nitrogen and oxygen atoms in total. The summed E-state index contributed by atoms with van der Waals surface area (Å²) in [6, 6.07) is 0. The van der Waals surface area contributed by atoms with Crippen molar-refractivity contribution in [2.45, 2.75) is 25.4 Å². The number of hydrogen-bond donors (Lipinski definition) is 0. The van der Waals surface area contributed by atoms with Gasteiger partial charge in [-0.1, -0.05) is 25.4 Å². The van der Waals surface area contributed by atoms with E-state index in [1.165, 1.54) is 12.8 Å².